The Morgan fingerprint density at radius 2 is 2.31 bits per heavy atom. The standard InChI is InChI=1S/C9H12ClN3O3/c1-9(16,5-14)4-12-8(15)6-2-11-3-7(10)13-6/h2-3,14,16H,4-5H2,1H3,(H,12,15). The molecule has 0 bridgehead atoms. The molecule has 1 aromatic rings. The first kappa shape index (κ1) is 12.8. The van der Waals surface area contributed by atoms with Crippen LogP contribution in [0.5, 0.6) is 0 Å². The van der Waals surface area contributed by atoms with E-state index in [2.05, 4.69) is 15.3 Å². The van der Waals surface area contributed by atoms with Gasteiger partial charge in [0.05, 0.1) is 19.0 Å². The summed E-state index contributed by atoms with van der Waals surface area (Å²) >= 11 is 5.56. The molecule has 1 rings (SSSR count). The molecule has 1 atom stereocenters. The Morgan fingerprint density at radius 1 is 1.62 bits per heavy atom. The molecule has 1 heterocycles. The zero-order valence-corrected chi connectivity index (χ0v) is 9.40. The summed E-state index contributed by atoms with van der Waals surface area (Å²) in [6, 6.07) is 0. The maximum atomic E-state index is 11.5. The summed E-state index contributed by atoms with van der Waals surface area (Å²) in [6.07, 6.45) is 2.57. The first-order valence-corrected chi connectivity index (χ1v) is 4.91. The monoisotopic (exact) mass is 245 g/mol. The maximum Gasteiger partial charge on any atom is 0.271 e. The van der Waals surface area contributed by atoms with Gasteiger partial charge in [-0.25, -0.2) is 4.98 Å². The Labute approximate surface area is 97.3 Å². The van der Waals surface area contributed by atoms with Gasteiger partial charge in [0.15, 0.2) is 0 Å². The fourth-order valence-corrected chi connectivity index (χ4v) is 1.02. The fourth-order valence-electron chi connectivity index (χ4n) is 0.869. The van der Waals surface area contributed by atoms with E-state index in [-0.39, 0.29) is 17.4 Å². The number of nitrogens with zero attached hydrogens (tertiary/aromatic N) is 2. The highest BCUT2D eigenvalue weighted by Gasteiger charge is 2.20. The lowest BCUT2D eigenvalue weighted by Crippen LogP contribution is -2.43. The molecule has 16 heavy (non-hydrogen) atoms. The minimum absolute atomic E-state index is 0.0567. The number of hydrogen-bond acceptors (Lipinski definition) is 5. The van der Waals surface area contributed by atoms with Gasteiger partial charge < -0.3 is 15.5 Å². The van der Waals surface area contributed by atoms with Crippen LogP contribution in [0.25, 0.3) is 0 Å². The summed E-state index contributed by atoms with van der Waals surface area (Å²) in [4.78, 5) is 18.9. The Balaban J connectivity index is 2.60. The summed E-state index contributed by atoms with van der Waals surface area (Å²) in [5.74, 6) is -0.510. The predicted molar refractivity (Wildman–Crippen MR) is 57.1 cm³/mol. The zero-order valence-electron chi connectivity index (χ0n) is 8.64. The van der Waals surface area contributed by atoms with Crippen LogP contribution in [-0.2, 0) is 0 Å². The number of rotatable bonds is 4. The average molecular weight is 246 g/mol. The van der Waals surface area contributed by atoms with Crippen LogP contribution in [0.1, 0.15) is 17.4 Å². The van der Waals surface area contributed by atoms with Gasteiger partial charge in [0.25, 0.3) is 5.91 Å². The van der Waals surface area contributed by atoms with Crippen LogP contribution in [0.15, 0.2) is 12.4 Å². The van der Waals surface area contributed by atoms with E-state index in [0.29, 0.717) is 0 Å². The van der Waals surface area contributed by atoms with Crippen LogP contribution in [0.4, 0.5) is 0 Å². The van der Waals surface area contributed by atoms with Crippen molar-refractivity contribution in [2.75, 3.05) is 13.2 Å². The van der Waals surface area contributed by atoms with Crippen LogP contribution in [0.3, 0.4) is 0 Å². The molecule has 88 valence electrons. The number of hydrogen-bond donors (Lipinski definition) is 3. The van der Waals surface area contributed by atoms with Crippen molar-refractivity contribution in [2.24, 2.45) is 0 Å². The second-order valence-corrected chi connectivity index (χ2v) is 3.95. The van der Waals surface area contributed by atoms with E-state index in [1.807, 2.05) is 0 Å². The van der Waals surface area contributed by atoms with Crippen molar-refractivity contribution in [2.45, 2.75) is 12.5 Å². The van der Waals surface area contributed by atoms with Crippen LogP contribution < -0.4 is 5.32 Å². The number of amides is 1. The van der Waals surface area contributed by atoms with Gasteiger partial charge in [-0.1, -0.05) is 11.6 Å². The zero-order chi connectivity index (χ0) is 12.2. The SMILES string of the molecule is CC(O)(CO)CNC(=O)c1cncc(Cl)n1. The van der Waals surface area contributed by atoms with E-state index in [9.17, 15) is 9.90 Å². The van der Waals surface area contributed by atoms with Gasteiger partial charge in [-0.2, -0.15) is 0 Å². The molecule has 0 aromatic carbocycles. The van der Waals surface area contributed by atoms with E-state index in [4.69, 9.17) is 16.7 Å². The van der Waals surface area contributed by atoms with Gasteiger partial charge in [-0.15, -0.1) is 0 Å². The van der Waals surface area contributed by atoms with Crippen molar-refractivity contribution in [1.29, 1.82) is 0 Å². The summed E-state index contributed by atoms with van der Waals surface area (Å²) in [6.45, 7) is 0.863. The number of nitrogens with one attached hydrogen (secondary N) is 1. The molecule has 1 amide bonds. The minimum atomic E-state index is -1.36. The summed E-state index contributed by atoms with van der Waals surface area (Å²) < 4.78 is 0. The Hall–Kier alpha value is -1.24. The van der Waals surface area contributed by atoms with Gasteiger partial charge in [-0.3, -0.25) is 9.78 Å². The molecular weight excluding hydrogens is 234 g/mol. The third-order valence-corrected chi connectivity index (χ3v) is 1.99. The summed E-state index contributed by atoms with van der Waals surface area (Å²) in [5.41, 5.74) is -1.30. The van der Waals surface area contributed by atoms with Crippen LogP contribution in [0.2, 0.25) is 5.15 Å². The van der Waals surface area contributed by atoms with Crippen LogP contribution in [0, 0.1) is 0 Å². The first-order valence-electron chi connectivity index (χ1n) is 4.53. The highest BCUT2D eigenvalue weighted by molar-refractivity contribution is 6.29. The van der Waals surface area contributed by atoms with Crippen molar-refractivity contribution in [3.8, 4) is 0 Å². The highest BCUT2D eigenvalue weighted by Crippen LogP contribution is 2.03. The van der Waals surface area contributed by atoms with Gasteiger partial charge in [0, 0.05) is 6.54 Å². The molecule has 3 N–H and O–H groups in total. The molecule has 0 spiro atoms. The number of carbonyl (C=O) groups is 1. The van der Waals surface area contributed by atoms with Crippen molar-refractivity contribution in [1.82, 2.24) is 15.3 Å². The highest BCUT2D eigenvalue weighted by atomic mass is 35.5. The van der Waals surface area contributed by atoms with E-state index >= 15 is 0 Å². The number of aromatic nitrogens is 2. The largest absolute Gasteiger partial charge is 0.393 e. The van der Waals surface area contributed by atoms with Crippen LogP contribution >= 0.6 is 11.6 Å². The Morgan fingerprint density at radius 3 is 2.88 bits per heavy atom. The Kier molecular flexibility index (Phi) is 4.17. The summed E-state index contributed by atoms with van der Waals surface area (Å²) in [7, 11) is 0. The molecule has 0 radical (unpaired) electrons. The third-order valence-electron chi connectivity index (χ3n) is 1.81. The minimum Gasteiger partial charge on any atom is -0.393 e. The third kappa shape index (κ3) is 3.73. The second kappa shape index (κ2) is 5.20. The lowest BCUT2D eigenvalue weighted by atomic mass is 10.1. The normalized spacial score (nSPS) is 14.2. The van der Waals surface area contributed by atoms with Gasteiger partial charge in [-0.05, 0) is 6.92 Å². The number of carbonyl (C=O) groups excluding carboxylic acids is 1. The molecule has 6 nitrogen and oxygen atoms in total. The van der Waals surface area contributed by atoms with E-state index in [0.717, 1.165) is 0 Å². The molecule has 7 heteroatoms. The molecule has 1 unspecified atom stereocenters. The lowest BCUT2D eigenvalue weighted by Gasteiger charge is -2.20. The van der Waals surface area contributed by atoms with Gasteiger partial charge in [0.2, 0.25) is 0 Å². The average Bonchev–Trinajstić information content (AvgIpc) is 2.26. The molecule has 0 aliphatic heterocycles. The van der Waals surface area contributed by atoms with Crippen molar-refractivity contribution in [3.05, 3.63) is 23.2 Å². The predicted octanol–water partition coefficient (Wildman–Crippen LogP) is -0.397. The molecular formula is C9H12ClN3O3. The van der Waals surface area contributed by atoms with Crippen molar-refractivity contribution < 1.29 is 15.0 Å². The van der Waals surface area contributed by atoms with Crippen molar-refractivity contribution in [3.63, 3.8) is 0 Å². The molecule has 0 aliphatic rings. The number of aliphatic hydroxyl groups is 2. The molecule has 0 aliphatic carbocycles. The summed E-state index contributed by atoms with van der Waals surface area (Å²) in [5, 5.41) is 20.7. The Bertz CT molecular complexity index is 384. The molecule has 0 saturated heterocycles. The molecule has 1 aromatic heterocycles. The van der Waals surface area contributed by atoms with E-state index < -0.39 is 18.1 Å². The second-order valence-electron chi connectivity index (χ2n) is 3.56. The van der Waals surface area contributed by atoms with Gasteiger partial charge >= 0.3 is 0 Å². The molecule has 0 fully saturated rings. The fraction of sp³-hybridized carbons (Fsp3) is 0.444. The topological polar surface area (TPSA) is 95.3 Å². The van der Waals surface area contributed by atoms with E-state index in [1.165, 1.54) is 19.3 Å². The number of halogens is 1. The van der Waals surface area contributed by atoms with Crippen molar-refractivity contribution >= 4 is 17.5 Å². The number of aliphatic hydroxyl groups excluding tert-OH is 1. The maximum absolute atomic E-state index is 11.5. The van der Waals surface area contributed by atoms with E-state index in [1.54, 1.807) is 0 Å². The molecule has 0 saturated carbocycles. The smallest absolute Gasteiger partial charge is 0.271 e. The van der Waals surface area contributed by atoms with Gasteiger partial charge in [0.1, 0.15) is 16.4 Å². The van der Waals surface area contributed by atoms with Crippen LogP contribution in [-0.4, -0.2) is 44.8 Å². The quantitative estimate of drug-likeness (QED) is 0.671. The lowest BCUT2D eigenvalue weighted by molar-refractivity contribution is 0.00316. The first-order chi connectivity index (χ1) is 7.44.